The molecule has 0 aliphatic carbocycles. The Morgan fingerprint density at radius 1 is 0.771 bits per heavy atom. The monoisotopic (exact) mass is 464 g/mol. The predicted octanol–water partition coefficient (Wildman–Crippen LogP) is 4.43. The summed E-state index contributed by atoms with van der Waals surface area (Å²) >= 11 is 0. The van der Waals surface area contributed by atoms with Crippen LogP contribution in [0, 0.1) is 0 Å². The van der Waals surface area contributed by atoms with Crippen LogP contribution in [0.4, 0.5) is 0 Å². The highest BCUT2D eigenvalue weighted by molar-refractivity contribution is 6.20. The topological polar surface area (TPSA) is 94.6 Å². The van der Waals surface area contributed by atoms with Gasteiger partial charge in [-0.25, -0.2) is 4.79 Å². The van der Waals surface area contributed by atoms with Gasteiger partial charge in [-0.3, -0.25) is 4.79 Å². The molecule has 1 aromatic heterocycles. The van der Waals surface area contributed by atoms with Crippen LogP contribution in [0.15, 0.2) is 91.0 Å². The Hall–Kier alpha value is -4.42. The number of fused-ring (bicyclic) bond motifs is 3. The Labute approximate surface area is 202 Å². The number of carbonyl (C=O) groups is 2. The van der Waals surface area contributed by atoms with Gasteiger partial charge in [-0.2, -0.15) is 0 Å². The Morgan fingerprint density at radius 3 is 2.14 bits per heavy atom. The molecule has 1 heterocycles. The van der Waals surface area contributed by atoms with E-state index in [4.69, 9.17) is 10.5 Å². The van der Waals surface area contributed by atoms with Crippen molar-refractivity contribution >= 4 is 33.7 Å². The molecule has 0 saturated heterocycles. The van der Waals surface area contributed by atoms with Crippen LogP contribution in [-0.2, 0) is 17.8 Å². The van der Waals surface area contributed by atoms with Crippen LogP contribution in [0.1, 0.15) is 27.0 Å². The summed E-state index contributed by atoms with van der Waals surface area (Å²) in [5.41, 5.74) is 11.2. The fraction of sp³-hybridized carbons (Fsp3) is 0.103. The van der Waals surface area contributed by atoms with Gasteiger partial charge in [-0.15, -0.1) is 0 Å². The molecule has 0 spiro atoms. The zero-order valence-electron chi connectivity index (χ0n) is 19.0. The molecule has 3 N–H and O–H groups in total. The van der Waals surface area contributed by atoms with Gasteiger partial charge in [0.1, 0.15) is 12.4 Å². The van der Waals surface area contributed by atoms with Gasteiger partial charge < -0.3 is 20.1 Å². The number of esters is 1. The first kappa shape index (κ1) is 22.4. The van der Waals surface area contributed by atoms with Crippen LogP contribution in [0.3, 0.4) is 0 Å². The minimum Gasteiger partial charge on any atom is -0.424 e. The lowest BCUT2D eigenvalue weighted by molar-refractivity contribution is -0.137. The van der Waals surface area contributed by atoms with Crippen LogP contribution < -0.4 is 10.5 Å². The lowest BCUT2D eigenvalue weighted by atomic mass is 9.99. The second-order valence-corrected chi connectivity index (χ2v) is 8.36. The third kappa shape index (κ3) is 4.27. The largest absolute Gasteiger partial charge is 0.424 e. The van der Waals surface area contributed by atoms with Crippen molar-refractivity contribution < 1.29 is 19.4 Å². The summed E-state index contributed by atoms with van der Waals surface area (Å²) in [7, 11) is 0. The molecule has 6 nitrogen and oxygen atoms in total. The van der Waals surface area contributed by atoms with Gasteiger partial charge >= 0.3 is 5.97 Å². The minimum atomic E-state index is -0.775. The van der Waals surface area contributed by atoms with Crippen molar-refractivity contribution in [1.29, 1.82) is 0 Å². The van der Waals surface area contributed by atoms with E-state index in [2.05, 4.69) is 28.8 Å². The molecular weight excluding hydrogens is 440 g/mol. The molecule has 0 aliphatic rings. The van der Waals surface area contributed by atoms with E-state index in [9.17, 15) is 14.7 Å². The molecule has 174 valence electrons. The number of hydrogen-bond donors (Lipinski definition) is 2. The normalized spacial score (nSPS) is 11.1. The second-order valence-electron chi connectivity index (χ2n) is 8.36. The van der Waals surface area contributed by atoms with E-state index in [0.29, 0.717) is 22.9 Å². The number of aliphatic hydroxyl groups is 1. The van der Waals surface area contributed by atoms with Gasteiger partial charge in [0.05, 0.1) is 16.4 Å². The first-order valence-corrected chi connectivity index (χ1v) is 11.3. The molecule has 5 rings (SSSR count). The molecule has 5 aromatic rings. The summed E-state index contributed by atoms with van der Waals surface area (Å²) < 4.78 is 7.54. The number of ether oxygens (including phenoxy) is 1. The average Bonchev–Trinajstić information content (AvgIpc) is 3.20. The van der Waals surface area contributed by atoms with Crippen LogP contribution in [0.5, 0.6) is 5.75 Å². The van der Waals surface area contributed by atoms with Crippen molar-refractivity contribution in [2.75, 3.05) is 6.61 Å². The molecule has 0 fully saturated rings. The van der Waals surface area contributed by atoms with Crippen LogP contribution in [-0.4, -0.2) is 28.2 Å². The molecule has 0 aliphatic heterocycles. The number of carbonyl (C=O) groups excluding carboxylic acids is 2. The Balaban J connectivity index is 1.71. The van der Waals surface area contributed by atoms with Crippen molar-refractivity contribution in [1.82, 2.24) is 4.57 Å². The molecule has 35 heavy (non-hydrogen) atoms. The number of amides is 1. The van der Waals surface area contributed by atoms with Gasteiger partial charge in [-0.1, -0.05) is 66.7 Å². The van der Waals surface area contributed by atoms with Crippen molar-refractivity contribution in [2.45, 2.75) is 13.0 Å². The molecule has 6 heteroatoms. The summed E-state index contributed by atoms with van der Waals surface area (Å²) in [6.45, 7) is -0.201. The van der Waals surface area contributed by atoms with Crippen molar-refractivity contribution in [2.24, 2.45) is 5.73 Å². The molecule has 0 unspecified atom stereocenters. The summed E-state index contributed by atoms with van der Waals surface area (Å²) in [5, 5.41) is 10.5. The SMILES string of the molecule is NC(=O)c1cccc2c1c1c(OC(=O)CO)cccc1n2Cc1ccccc1Cc1ccccc1. The van der Waals surface area contributed by atoms with E-state index in [1.165, 1.54) is 11.1 Å². The molecule has 0 saturated carbocycles. The van der Waals surface area contributed by atoms with Crippen LogP contribution >= 0.6 is 0 Å². The van der Waals surface area contributed by atoms with Crippen LogP contribution in [0.2, 0.25) is 0 Å². The zero-order chi connectivity index (χ0) is 24.4. The van der Waals surface area contributed by atoms with E-state index in [-0.39, 0.29) is 5.75 Å². The smallest absolute Gasteiger partial charge is 0.337 e. The fourth-order valence-electron chi connectivity index (χ4n) is 4.64. The minimum absolute atomic E-state index is 0.275. The summed E-state index contributed by atoms with van der Waals surface area (Å²) in [4.78, 5) is 24.3. The number of aliphatic hydroxyl groups excluding tert-OH is 1. The third-order valence-electron chi connectivity index (χ3n) is 6.18. The maximum absolute atomic E-state index is 12.3. The van der Waals surface area contributed by atoms with Gasteiger partial charge in [-0.05, 0) is 47.4 Å². The van der Waals surface area contributed by atoms with E-state index < -0.39 is 18.5 Å². The first-order valence-electron chi connectivity index (χ1n) is 11.3. The van der Waals surface area contributed by atoms with Crippen molar-refractivity contribution in [3.8, 4) is 5.75 Å². The average molecular weight is 465 g/mol. The number of aromatic nitrogens is 1. The Bertz CT molecular complexity index is 1550. The van der Waals surface area contributed by atoms with Crippen LogP contribution in [0.25, 0.3) is 21.8 Å². The number of hydrogen-bond acceptors (Lipinski definition) is 4. The maximum Gasteiger partial charge on any atom is 0.337 e. The number of rotatable bonds is 7. The molecular formula is C29H24N2O4. The van der Waals surface area contributed by atoms with Gasteiger partial charge in [0.25, 0.3) is 0 Å². The number of primary amides is 1. The van der Waals surface area contributed by atoms with Crippen molar-refractivity contribution in [3.05, 3.63) is 113 Å². The summed E-state index contributed by atoms with van der Waals surface area (Å²) in [6, 6.07) is 29.3. The summed E-state index contributed by atoms with van der Waals surface area (Å²) in [5.74, 6) is -1.07. The fourth-order valence-corrected chi connectivity index (χ4v) is 4.64. The summed E-state index contributed by atoms with van der Waals surface area (Å²) in [6.07, 6.45) is 0.792. The molecule has 0 radical (unpaired) electrons. The van der Waals surface area contributed by atoms with E-state index in [0.717, 1.165) is 23.0 Å². The highest BCUT2D eigenvalue weighted by Gasteiger charge is 2.21. The highest BCUT2D eigenvalue weighted by Crippen LogP contribution is 2.38. The zero-order valence-corrected chi connectivity index (χ0v) is 19.0. The molecule has 1 amide bonds. The highest BCUT2D eigenvalue weighted by atomic mass is 16.5. The Kier molecular flexibility index (Phi) is 6.04. The van der Waals surface area contributed by atoms with E-state index in [1.54, 1.807) is 24.3 Å². The Morgan fingerprint density at radius 2 is 1.43 bits per heavy atom. The molecule has 4 aromatic carbocycles. The molecule has 0 bridgehead atoms. The van der Waals surface area contributed by atoms with Gasteiger partial charge in [0.2, 0.25) is 5.91 Å². The van der Waals surface area contributed by atoms with Gasteiger partial charge in [0, 0.05) is 17.5 Å². The lowest BCUT2D eigenvalue weighted by Gasteiger charge is -2.13. The first-order chi connectivity index (χ1) is 17.1. The quantitative estimate of drug-likeness (QED) is 0.275. The number of nitrogens with zero attached hydrogens (tertiary/aromatic N) is 1. The van der Waals surface area contributed by atoms with Crippen molar-refractivity contribution in [3.63, 3.8) is 0 Å². The number of nitrogens with two attached hydrogens (primary N) is 1. The standard InChI is InChI=1S/C29H24N2O4/c30-29(34)22-12-6-13-23-27(22)28-24(14-7-15-25(28)35-26(33)18-32)31(23)17-21-11-5-4-10-20(21)16-19-8-2-1-3-9-19/h1-15,32H,16-18H2,(H2,30,34). The second kappa shape index (κ2) is 9.44. The van der Waals surface area contributed by atoms with E-state index in [1.807, 2.05) is 42.5 Å². The third-order valence-corrected chi connectivity index (χ3v) is 6.18. The van der Waals surface area contributed by atoms with Gasteiger partial charge in [0.15, 0.2) is 0 Å². The molecule has 0 atom stereocenters. The number of benzene rings is 4. The predicted molar refractivity (Wildman–Crippen MR) is 135 cm³/mol. The van der Waals surface area contributed by atoms with E-state index >= 15 is 0 Å². The maximum atomic E-state index is 12.3. The lowest BCUT2D eigenvalue weighted by Crippen LogP contribution is -2.13.